The molecule has 0 spiro atoms. The quantitative estimate of drug-likeness (QED) is 0.217. The molecule has 1 heterocycles. The Morgan fingerprint density at radius 1 is 1.00 bits per heavy atom. The lowest BCUT2D eigenvalue weighted by Crippen LogP contribution is -2.54. The number of benzene rings is 1. The third-order valence-electron chi connectivity index (χ3n) is 4.38. The topological polar surface area (TPSA) is 204 Å². The number of aromatic nitrogens is 1. The summed E-state index contributed by atoms with van der Waals surface area (Å²) in [4.78, 5) is 61.4. The number of hydrogen-bond acceptors (Lipinski definition) is 6. The fourth-order valence-corrected chi connectivity index (χ4v) is 2.87. The number of aromatic amines is 1. The van der Waals surface area contributed by atoms with E-state index in [1.54, 1.807) is 12.3 Å². The van der Waals surface area contributed by atoms with Gasteiger partial charge in [0.05, 0.1) is 19.5 Å². The van der Waals surface area contributed by atoms with Gasteiger partial charge in [-0.1, -0.05) is 18.2 Å². The monoisotopic (exact) mass is 433 g/mol. The number of nitrogens with one attached hydrogen (secondary N) is 4. The highest BCUT2D eigenvalue weighted by Crippen LogP contribution is 2.19. The van der Waals surface area contributed by atoms with E-state index in [0.717, 1.165) is 10.9 Å². The molecule has 31 heavy (non-hydrogen) atoms. The molecule has 12 nitrogen and oxygen atoms in total. The SMILES string of the molecule is NCC(=O)NCC(=O)NC(Cc1c[nH]c2ccccc12)C(=O)NC(CC(=O)O)C(=O)O. The summed E-state index contributed by atoms with van der Waals surface area (Å²) >= 11 is 0. The van der Waals surface area contributed by atoms with Gasteiger partial charge in [-0.15, -0.1) is 0 Å². The molecule has 2 atom stereocenters. The Morgan fingerprint density at radius 2 is 1.71 bits per heavy atom. The maximum Gasteiger partial charge on any atom is 0.326 e. The zero-order valence-electron chi connectivity index (χ0n) is 16.4. The largest absolute Gasteiger partial charge is 0.481 e. The van der Waals surface area contributed by atoms with Gasteiger partial charge in [-0.3, -0.25) is 19.2 Å². The first-order valence-electron chi connectivity index (χ1n) is 9.27. The second-order valence-electron chi connectivity index (χ2n) is 6.66. The molecule has 2 unspecified atom stereocenters. The zero-order valence-corrected chi connectivity index (χ0v) is 16.4. The van der Waals surface area contributed by atoms with Crippen molar-refractivity contribution in [2.45, 2.75) is 24.9 Å². The molecule has 1 aromatic heterocycles. The van der Waals surface area contributed by atoms with Crippen molar-refractivity contribution < 1.29 is 34.2 Å². The number of amides is 3. The number of carboxylic acids is 2. The van der Waals surface area contributed by atoms with E-state index in [1.165, 1.54) is 0 Å². The Hall–Kier alpha value is -3.93. The normalized spacial score (nSPS) is 12.5. The molecule has 0 fully saturated rings. The summed E-state index contributed by atoms with van der Waals surface area (Å²) in [5.74, 6) is -5.08. The lowest BCUT2D eigenvalue weighted by molar-refractivity contribution is -0.147. The lowest BCUT2D eigenvalue weighted by Gasteiger charge is -2.21. The highest BCUT2D eigenvalue weighted by molar-refractivity contribution is 5.94. The molecule has 8 N–H and O–H groups in total. The fourth-order valence-electron chi connectivity index (χ4n) is 2.87. The fraction of sp³-hybridized carbons (Fsp3) is 0.316. The van der Waals surface area contributed by atoms with Crippen molar-refractivity contribution in [1.82, 2.24) is 20.9 Å². The molecule has 166 valence electrons. The van der Waals surface area contributed by atoms with Gasteiger partial charge < -0.3 is 36.9 Å². The Kier molecular flexibility index (Phi) is 8.09. The standard InChI is InChI=1S/C19H23N5O7/c20-7-15(25)22-9-16(26)23-13(18(29)24-14(19(30)31)6-17(27)28)5-10-8-21-12-4-2-1-3-11(10)12/h1-4,8,13-14,21H,5-7,9,20H2,(H,22,25)(H,23,26)(H,24,29)(H,27,28)(H,30,31). The lowest BCUT2D eigenvalue weighted by atomic mass is 10.0. The minimum absolute atomic E-state index is 0.00810. The predicted molar refractivity (Wildman–Crippen MR) is 108 cm³/mol. The van der Waals surface area contributed by atoms with Gasteiger partial charge in [0.15, 0.2) is 0 Å². The average molecular weight is 433 g/mol. The first-order valence-corrected chi connectivity index (χ1v) is 9.27. The molecule has 1 aromatic carbocycles. The summed E-state index contributed by atoms with van der Waals surface area (Å²) in [7, 11) is 0. The van der Waals surface area contributed by atoms with E-state index in [9.17, 15) is 29.1 Å². The third kappa shape index (κ3) is 6.82. The van der Waals surface area contributed by atoms with Gasteiger partial charge in [0.25, 0.3) is 0 Å². The average Bonchev–Trinajstić information content (AvgIpc) is 3.13. The Bertz CT molecular complexity index is 987. The Labute approximate surface area is 176 Å². The van der Waals surface area contributed by atoms with Crippen LogP contribution in [0.15, 0.2) is 30.5 Å². The second kappa shape index (κ2) is 10.7. The second-order valence-corrected chi connectivity index (χ2v) is 6.66. The highest BCUT2D eigenvalue weighted by atomic mass is 16.4. The van der Waals surface area contributed by atoms with Crippen LogP contribution in [0.1, 0.15) is 12.0 Å². The van der Waals surface area contributed by atoms with Crippen molar-refractivity contribution in [3.05, 3.63) is 36.0 Å². The molecule has 12 heteroatoms. The summed E-state index contributed by atoms with van der Waals surface area (Å²) in [6.45, 7) is -0.757. The van der Waals surface area contributed by atoms with Gasteiger partial charge in [0.2, 0.25) is 17.7 Å². The van der Waals surface area contributed by atoms with E-state index in [4.69, 9.17) is 10.8 Å². The molecule has 0 aliphatic rings. The number of H-pyrrole nitrogens is 1. The molecule has 0 aliphatic heterocycles. The van der Waals surface area contributed by atoms with Crippen molar-refractivity contribution >= 4 is 40.6 Å². The van der Waals surface area contributed by atoms with Crippen LogP contribution in [0.5, 0.6) is 0 Å². The number of hydrogen-bond donors (Lipinski definition) is 7. The van der Waals surface area contributed by atoms with Crippen LogP contribution >= 0.6 is 0 Å². The van der Waals surface area contributed by atoms with Crippen molar-refractivity contribution in [1.29, 1.82) is 0 Å². The molecule has 2 aromatic rings. The van der Waals surface area contributed by atoms with E-state index in [0.29, 0.717) is 5.56 Å². The molecule has 0 saturated heterocycles. The first kappa shape index (κ1) is 23.3. The summed E-state index contributed by atoms with van der Waals surface area (Å²) in [6.07, 6.45) is 0.812. The van der Waals surface area contributed by atoms with Gasteiger partial charge in [-0.2, -0.15) is 0 Å². The van der Waals surface area contributed by atoms with Crippen LogP contribution in [0.4, 0.5) is 0 Å². The summed E-state index contributed by atoms with van der Waals surface area (Å²) in [6, 6.07) is 4.34. The number of fused-ring (bicyclic) bond motifs is 1. The molecule has 0 aliphatic carbocycles. The van der Waals surface area contributed by atoms with Gasteiger partial charge in [-0.05, 0) is 11.6 Å². The number of carbonyl (C=O) groups excluding carboxylic acids is 3. The summed E-state index contributed by atoms with van der Waals surface area (Å²) in [5.41, 5.74) is 6.63. The Balaban J connectivity index is 2.20. The molecule has 0 saturated carbocycles. The zero-order chi connectivity index (χ0) is 23.0. The first-order chi connectivity index (χ1) is 14.7. The molecule has 2 rings (SSSR count). The van der Waals surface area contributed by atoms with Crippen LogP contribution in [0, 0.1) is 0 Å². The number of aliphatic carboxylic acids is 2. The van der Waals surface area contributed by atoms with Gasteiger partial charge >= 0.3 is 11.9 Å². The molecule has 3 amide bonds. The number of para-hydroxylation sites is 1. The van der Waals surface area contributed by atoms with E-state index >= 15 is 0 Å². The number of carboxylic acid groups (broad SMARTS) is 2. The number of carbonyl (C=O) groups is 5. The highest BCUT2D eigenvalue weighted by Gasteiger charge is 2.29. The van der Waals surface area contributed by atoms with Crippen molar-refractivity contribution in [3.8, 4) is 0 Å². The molecular weight excluding hydrogens is 410 g/mol. The van der Waals surface area contributed by atoms with Crippen molar-refractivity contribution in [2.75, 3.05) is 13.1 Å². The van der Waals surface area contributed by atoms with Crippen molar-refractivity contribution in [2.24, 2.45) is 5.73 Å². The van der Waals surface area contributed by atoms with Gasteiger partial charge in [-0.25, -0.2) is 4.79 Å². The van der Waals surface area contributed by atoms with Crippen LogP contribution in [0.3, 0.4) is 0 Å². The summed E-state index contributed by atoms with van der Waals surface area (Å²) in [5, 5.41) is 25.7. The summed E-state index contributed by atoms with van der Waals surface area (Å²) < 4.78 is 0. The van der Waals surface area contributed by atoms with E-state index < -0.39 is 54.7 Å². The van der Waals surface area contributed by atoms with Crippen LogP contribution < -0.4 is 21.7 Å². The van der Waals surface area contributed by atoms with Crippen LogP contribution in [-0.2, 0) is 30.4 Å². The van der Waals surface area contributed by atoms with E-state index in [-0.39, 0.29) is 13.0 Å². The van der Waals surface area contributed by atoms with Crippen LogP contribution in [0.2, 0.25) is 0 Å². The van der Waals surface area contributed by atoms with Gasteiger partial charge in [0.1, 0.15) is 12.1 Å². The van der Waals surface area contributed by atoms with E-state index in [1.807, 2.05) is 18.2 Å². The van der Waals surface area contributed by atoms with Gasteiger partial charge in [0, 0.05) is 23.5 Å². The van der Waals surface area contributed by atoms with E-state index in [2.05, 4.69) is 20.9 Å². The maximum atomic E-state index is 12.7. The minimum atomic E-state index is -1.68. The minimum Gasteiger partial charge on any atom is -0.481 e. The smallest absolute Gasteiger partial charge is 0.326 e. The maximum absolute atomic E-state index is 12.7. The number of rotatable bonds is 11. The third-order valence-corrected chi connectivity index (χ3v) is 4.38. The van der Waals surface area contributed by atoms with Crippen LogP contribution in [0.25, 0.3) is 10.9 Å². The number of nitrogens with two attached hydrogens (primary N) is 1. The predicted octanol–water partition coefficient (Wildman–Crippen LogP) is -1.69. The van der Waals surface area contributed by atoms with Crippen LogP contribution in [-0.4, -0.2) is 70.0 Å². The molecule has 0 radical (unpaired) electrons. The Morgan fingerprint density at radius 3 is 2.35 bits per heavy atom. The molecule has 0 bridgehead atoms. The molecular formula is C19H23N5O7. The van der Waals surface area contributed by atoms with Crippen molar-refractivity contribution in [3.63, 3.8) is 0 Å².